The van der Waals surface area contributed by atoms with Crippen molar-refractivity contribution >= 4 is 23.3 Å². The highest BCUT2D eigenvalue weighted by atomic mass is 35.5. The fourth-order valence-corrected chi connectivity index (χ4v) is 1.37. The number of hydrogen-bond donors (Lipinski definition) is 2. The molecule has 0 saturated heterocycles. The number of nitrogens with one attached hydrogen (secondary N) is 1. The standard InChI is InChI=1S/C10H12ClNO2/c1-6(2)12-9-7(10(13)14)4-3-5-8(9)11/h3-6,12H,1-2H3,(H,13,14). The summed E-state index contributed by atoms with van der Waals surface area (Å²) in [6.07, 6.45) is 0. The van der Waals surface area contributed by atoms with Gasteiger partial charge in [-0.15, -0.1) is 0 Å². The van der Waals surface area contributed by atoms with Crippen LogP contribution in [0.2, 0.25) is 5.02 Å². The molecule has 1 aromatic rings. The number of benzene rings is 1. The summed E-state index contributed by atoms with van der Waals surface area (Å²) >= 11 is 5.89. The van der Waals surface area contributed by atoms with Crippen LogP contribution in [0.25, 0.3) is 0 Å². The second-order valence-electron chi connectivity index (χ2n) is 3.27. The first-order chi connectivity index (χ1) is 6.52. The molecule has 14 heavy (non-hydrogen) atoms. The van der Waals surface area contributed by atoms with E-state index in [1.54, 1.807) is 12.1 Å². The Bertz CT molecular complexity index is 350. The summed E-state index contributed by atoms with van der Waals surface area (Å²) in [5.74, 6) is -0.976. The van der Waals surface area contributed by atoms with Crippen LogP contribution in [0.4, 0.5) is 5.69 Å². The molecule has 0 bridgehead atoms. The maximum Gasteiger partial charge on any atom is 0.337 e. The van der Waals surface area contributed by atoms with Gasteiger partial charge in [-0.25, -0.2) is 4.79 Å². The Kier molecular flexibility index (Phi) is 3.36. The number of carboxylic acids is 1. The van der Waals surface area contributed by atoms with Gasteiger partial charge < -0.3 is 10.4 Å². The third-order valence-corrected chi connectivity index (χ3v) is 1.99. The minimum Gasteiger partial charge on any atom is -0.478 e. The van der Waals surface area contributed by atoms with Crippen LogP contribution in [0, 0.1) is 0 Å². The predicted octanol–water partition coefficient (Wildman–Crippen LogP) is 2.86. The van der Waals surface area contributed by atoms with Gasteiger partial charge in [0, 0.05) is 6.04 Å². The first-order valence-electron chi connectivity index (χ1n) is 4.30. The van der Waals surface area contributed by atoms with Crippen LogP contribution >= 0.6 is 11.6 Å². The van der Waals surface area contributed by atoms with Gasteiger partial charge in [-0.3, -0.25) is 0 Å². The quantitative estimate of drug-likeness (QED) is 0.812. The Labute approximate surface area is 87.7 Å². The van der Waals surface area contributed by atoms with E-state index in [-0.39, 0.29) is 11.6 Å². The van der Waals surface area contributed by atoms with E-state index in [1.807, 2.05) is 13.8 Å². The zero-order valence-electron chi connectivity index (χ0n) is 8.04. The molecular formula is C10H12ClNO2. The second kappa shape index (κ2) is 4.33. The molecule has 0 atom stereocenters. The van der Waals surface area contributed by atoms with Crippen LogP contribution in [0.5, 0.6) is 0 Å². The Morgan fingerprint density at radius 3 is 2.64 bits per heavy atom. The number of carboxylic acid groups (broad SMARTS) is 1. The predicted molar refractivity (Wildman–Crippen MR) is 57.2 cm³/mol. The number of hydrogen-bond acceptors (Lipinski definition) is 2. The molecule has 76 valence electrons. The molecule has 0 fully saturated rings. The van der Waals surface area contributed by atoms with Crippen LogP contribution in [-0.4, -0.2) is 17.1 Å². The highest BCUT2D eigenvalue weighted by molar-refractivity contribution is 6.34. The highest BCUT2D eigenvalue weighted by Gasteiger charge is 2.13. The average Bonchev–Trinajstić information content (AvgIpc) is 2.07. The van der Waals surface area contributed by atoms with Crippen molar-refractivity contribution in [2.75, 3.05) is 5.32 Å². The van der Waals surface area contributed by atoms with Crippen LogP contribution in [-0.2, 0) is 0 Å². The summed E-state index contributed by atoms with van der Waals surface area (Å²) in [4.78, 5) is 10.9. The van der Waals surface area contributed by atoms with Crippen molar-refractivity contribution in [2.24, 2.45) is 0 Å². The molecule has 0 amide bonds. The van der Waals surface area contributed by atoms with Gasteiger partial charge in [-0.05, 0) is 26.0 Å². The molecule has 2 N–H and O–H groups in total. The molecule has 0 aliphatic carbocycles. The van der Waals surface area contributed by atoms with E-state index >= 15 is 0 Å². The number of carbonyl (C=O) groups is 1. The molecule has 0 radical (unpaired) electrons. The zero-order valence-corrected chi connectivity index (χ0v) is 8.80. The summed E-state index contributed by atoms with van der Waals surface area (Å²) in [6.45, 7) is 3.85. The molecular weight excluding hydrogens is 202 g/mol. The van der Waals surface area contributed by atoms with Crippen molar-refractivity contribution in [3.63, 3.8) is 0 Å². The molecule has 0 spiro atoms. The van der Waals surface area contributed by atoms with Gasteiger partial charge in [0.05, 0.1) is 16.3 Å². The third kappa shape index (κ3) is 2.39. The Morgan fingerprint density at radius 1 is 1.50 bits per heavy atom. The maximum absolute atomic E-state index is 10.9. The lowest BCUT2D eigenvalue weighted by atomic mass is 10.1. The van der Waals surface area contributed by atoms with Crippen LogP contribution < -0.4 is 5.32 Å². The maximum atomic E-state index is 10.9. The molecule has 0 heterocycles. The van der Waals surface area contributed by atoms with Crippen molar-refractivity contribution in [1.82, 2.24) is 0 Å². The van der Waals surface area contributed by atoms with Gasteiger partial charge in [-0.2, -0.15) is 0 Å². The minimum atomic E-state index is -0.976. The van der Waals surface area contributed by atoms with Crippen LogP contribution in [0.3, 0.4) is 0 Å². The molecule has 4 heteroatoms. The van der Waals surface area contributed by atoms with E-state index in [2.05, 4.69) is 5.32 Å². The van der Waals surface area contributed by atoms with E-state index < -0.39 is 5.97 Å². The lowest BCUT2D eigenvalue weighted by Gasteiger charge is -2.13. The summed E-state index contributed by atoms with van der Waals surface area (Å²) in [5.41, 5.74) is 0.683. The van der Waals surface area contributed by atoms with Gasteiger partial charge in [0.1, 0.15) is 0 Å². The molecule has 0 saturated carbocycles. The van der Waals surface area contributed by atoms with E-state index in [9.17, 15) is 4.79 Å². The number of rotatable bonds is 3. The van der Waals surface area contributed by atoms with Crippen LogP contribution in [0.1, 0.15) is 24.2 Å². The van der Waals surface area contributed by atoms with Crippen molar-refractivity contribution in [3.05, 3.63) is 28.8 Å². The van der Waals surface area contributed by atoms with Gasteiger partial charge >= 0.3 is 5.97 Å². The molecule has 3 nitrogen and oxygen atoms in total. The number of para-hydroxylation sites is 1. The smallest absolute Gasteiger partial charge is 0.337 e. The van der Waals surface area contributed by atoms with Crippen molar-refractivity contribution in [1.29, 1.82) is 0 Å². The van der Waals surface area contributed by atoms with E-state index in [0.29, 0.717) is 10.7 Å². The van der Waals surface area contributed by atoms with Crippen molar-refractivity contribution in [3.8, 4) is 0 Å². The first kappa shape index (κ1) is 10.9. The average molecular weight is 214 g/mol. The molecule has 1 rings (SSSR count). The molecule has 0 unspecified atom stereocenters. The van der Waals surface area contributed by atoms with E-state index in [0.717, 1.165) is 0 Å². The van der Waals surface area contributed by atoms with E-state index in [1.165, 1.54) is 6.07 Å². The van der Waals surface area contributed by atoms with Gasteiger partial charge in [-0.1, -0.05) is 17.7 Å². The molecule has 1 aromatic carbocycles. The van der Waals surface area contributed by atoms with Crippen molar-refractivity contribution in [2.45, 2.75) is 19.9 Å². The van der Waals surface area contributed by atoms with Crippen molar-refractivity contribution < 1.29 is 9.90 Å². The number of halogens is 1. The topological polar surface area (TPSA) is 49.3 Å². The normalized spacial score (nSPS) is 10.3. The monoisotopic (exact) mass is 213 g/mol. The lowest BCUT2D eigenvalue weighted by Crippen LogP contribution is -2.13. The fraction of sp³-hybridized carbons (Fsp3) is 0.300. The second-order valence-corrected chi connectivity index (χ2v) is 3.67. The Hall–Kier alpha value is -1.22. The van der Waals surface area contributed by atoms with Gasteiger partial charge in [0.25, 0.3) is 0 Å². The molecule has 0 aliphatic heterocycles. The molecule has 0 aliphatic rings. The third-order valence-electron chi connectivity index (χ3n) is 1.68. The first-order valence-corrected chi connectivity index (χ1v) is 4.68. The summed E-state index contributed by atoms with van der Waals surface area (Å²) < 4.78 is 0. The lowest BCUT2D eigenvalue weighted by molar-refractivity contribution is 0.0698. The van der Waals surface area contributed by atoms with E-state index in [4.69, 9.17) is 16.7 Å². The SMILES string of the molecule is CC(C)Nc1c(Cl)cccc1C(=O)O. The number of anilines is 1. The summed E-state index contributed by atoms with van der Waals surface area (Å²) in [5, 5.41) is 12.3. The van der Waals surface area contributed by atoms with Crippen LogP contribution in [0.15, 0.2) is 18.2 Å². The fourth-order valence-electron chi connectivity index (χ4n) is 1.14. The Morgan fingerprint density at radius 2 is 2.14 bits per heavy atom. The largest absolute Gasteiger partial charge is 0.478 e. The number of aromatic carboxylic acids is 1. The minimum absolute atomic E-state index is 0.146. The van der Waals surface area contributed by atoms with Gasteiger partial charge in [0.2, 0.25) is 0 Å². The summed E-state index contributed by atoms with van der Waals surface area (Å²) in [6, 6.07) is 4.96. The highest BCUT2D eigenvalue weighted by Crippen LogP contribution is 2.26. The molecule has 0 aromatic heterocycles. The Balaban J connectivity index is 3.15. The summed E-state index contributed by atoms with van der Waals surface area (Å²) in [7, 11) is 0. The van der Waals surface area contributed by atoms with Gasteiger partial charge in [0.15, 0.2) is 0 Å². The zero-order chi connectivity index (χ0) is 10.7.